The Morgan fingerprint density at radius 2 is 1.95 bits per heavy atom. The van der Waals surface area contributed by atoms with Gasteiger partial charge in [-0.05, 0) is 47.3 Å². The van der Waals surface area contributed by atoms with Crippen molar-refractivity contribution >= 4 is 19.1 Å². The van der Waals surface area contributed by atoms with Crippen LogP contribution in [0, 0.1) is 5.82 Å². The lowest BCUT2D eigenvalue weighted by Gasteiger charge is -2.37. The van der Waals surface area contributed by atoms with Crippen molar-refractivity contribution in [3.8, 4) is 0 Å². The van der Waals surface area contributed by atoms with Crippen LogP contribution in [0.3, 0.4) is 0 Å². The van der Waals surface area contributed by atoms with Crippen LogP contribution in [-0.2, 0) is 4.43 Å². The molecule has 120 valence electrons. The van der Waals surface area contributed by atoms with Crippen LogP contribution in [0.15, 0.2) is 30.6 Å². The lowest BCUT2D eigenvalue weighted by molar-refractivity contribution is 0.269. The molecule has 0 N–H and O–H groups in total. The first-order chi connectivity index (χ1) is 10.1. The Morgan fingerprint density at radius 1 is 1.27 bits per heavy atom. The molecule has 0 aliphatic heterocycles. The largest absolute Gasteiger partial charge is 0.416 e. The third-order valence-corrected chi connectivity index (χ3v) is 9.28. The van der Waals surface area contributed by atoms with Gasteiger partial charge in [0.1, 0.15) is 5.82 Å². The van der Waals surface area contributed by atoms with E-state index in [-0.39, 0.29) is 16.8 Å². The molecule has 0 saturated carbocycles. The lowest BCUT2D eigenvalue weighted by Crippen LogP contribution is -2.41. The highest BCUT2D eigenvalue weighted by molar-refractivity contribution is 6.74. The summed E-state index contributed by atoms with van der Waals surface area (Å²) in [5.41, 5.74) is 0.974. The zero-order valence-electron chi connectivity index (χ0n) is 14.4. The molecule has 2 aromatic rings. The third-order valence-electron chi connectivity index (χ3n) is 4.78. The van der Waals surface area contributed by atoms with E-state index in [1.165, 1.54) is 0 Å². The van der Waals surface area contributed by atoms with Gasteiger partial charge >= 0.3 is 0 Å². The fourth-order valence-corrected chi connectivity index (χ4v) is 3.34. The summed E-state index contributed by atoms with van der Waals surface area (Å²) in [5.74, 6) is -0.0654. The SMILES string of the molecule is CC(CO[Si](C)(C)C(C)(C)C)c1cc(F)cc2ccncc12. The minimum atomic E-state index is -1.79. The first-order valence-corrected chi connectivity index (χ1v) is 10.7. The highest BCUT2D eigenvalue weighted by Gasteiger charge is 2.37. The molecule has 1 atom stereocenters. The van der Waals surface area contributed by atoms with Crippen LogP contribution < -0.4 is 0 Å². The Kier molecular flexibility index (Phi) is 4.73. The average molecular weight is 319 g/mol. The van der Waals surface area contributed by atoms with E-state index >= 15 is 0 Å². The molecule has 1 aromatic carbocycles. The van der Waals surface area contributed by atoms with Gasteiger partial charge in [-0.2, -0.15) is 0 Å². The van der Waals surface area contributed by atoms with Gasteiger partial charge in [0.05, 0.1) is 0 Å². The molecule has 0 fully saturated rings. The second-order valence-corrected chi connectivity index (χ2v) is 12.4. The maximum atomic E-state index is 13.9. The van der Waals surface area contributed by atoms with Gasteiger partial charge in [0.25, 0.3) is 0 Å². The second kappa shape index (κ2) is 6.09. The third kappa shape index (κ3) is 3.55. The molecule has 4 heteroatoms. The fourth-order valence-electron chi connectivity index (χ4n) is 2.24. The molecule has 22 heavy (non-hydrogen) atoms. The van der Waals surface area contributed by atoms with Gasteiger partial charge in [-0.15, -0.1) is 0 Å². The maximum absolute atomic E-state index is 13.9. The van der Waals surface area contributed by atoms with E-state index in [9.17, 15) is 4.39 Å². The summed E-state index contributed by atoms with van der Waals surface area (Å²) in [7, 11) is -1.79. The van der Waals surface area contributed by atoms with E-state index in [1.54, 1.807) is 18.3 Å². The molecule has 1 unspecified atom stereocenters. The molecule has 2 rings (SSSR count). The molecule has 0 spiro atoms. The Balaban J connectivity index is 2.25. The molecule has 1 heterocycles. The number of pyridine rings is 1. The van der Waals surface area contributed by atoms with Crippen molar-refractivity contribution < 1.29 is 8.82 Å². The number of hydrogen-bond donors (Lipinski definition) is 0. The van der Waals surface area contributed by atoms with Crippen LogP contribution in [0.1, 0.15) is 39.2 Å². The minimum Gasteiger partial charge on any atom is -0.416 e. The van der Waals surface area contributed by atoms with Gasteiger partial charge in [0.2, 0.25) is 0 Å². The van der Waals surface area contributed by atoms with Crippen molar-refractivity contribution in [2.45, 2.75) is 51.7 Å². The van der Waals surface area contributed by atoms with Gasteiger partial charge < -0.3 is 4.43 Å². The van der Waals surface area contributed by atoms with Crippen molar-refractivity contribution in [2.24, 2.45) is 0 Å². The number of rotatable bonds is 4. The molecule has 0 radical (unpaired) electrons. The van der Waals surface area contributed by atoms with Crippen molar-refractivity contribution in [1.29, 1.82) is 0 Å². The second-order valence-electron chi connectivity index (χ2n) is 7.56. The Morgan fingerprint density at radius 3 is 2.59 bits per heavy atom. The standard InChI is InChI=1S/C18H26FNOSi/c1-13(12-21-22(5,6)18(2,3)4)16-10-15(19)9-14-7-8-20-11-17(14)16/h7-11,13H,12H2,1-6H3. The van der Waals surface area contributed by atoms with Crippen LogP contribution in [0.4, 0.5) is 4.39 Å². The quantitative estimate of drug-likeness (QED) is 0.694. The molecule has 0 aliphatic rings. The van der Waals surface area contributed by atoms with Gasteiger partial charge in [0.15, 0.2) is 8.32 Å². The molecular weight excluding hydrogens is 293 g/mol. The topological polar surface area (TPSA) is 22.1 Å². The van der Waals surface area contributed by atoms with Crippen molar-refractivity contribution in [1.82, 2.24) is 4.98 Å². The van der Waals surface area contributed by atoms with Crippen LogP contribution in [0.5, 0.6) is 0 Å². The number of nitrogens with zero attached hydrogens (tertiary/aromatic N) is 1. The number of hydrogen-bond acceptors (Lipinski definition) is 2. The van der Waals surface area contributed by atoms with Crippen molar-refractivity contribution in [3.05, 3.63) is 42.0 Å². The normalized spacial score (nSPS) is 14.3. The van der Waals surface area contributed by atoms with E-state index in [0.29, 0.717) is 6.61 Å². The van der Waals surface area contributed by atoms with Crippen LogP contribution >= 0.6 is 0 Å². The Bertz CT molecular complexity index is 664. The lowest BCUT2D eigenvalue weighted by atomic mass is 9.96. The summed E-state index contributed by atoms with van der Waals surface area (Å²) in [4.78, 5) is 4.18. The zero-order valence-corrected chi connectivity index (χ0v) is 15.4. The van der Waals surface area contributed by atoms with Crippen LogP contribution in [0.25, 0.3) is 10.8 Å². The summed E-state index contributed by atoms with van der Waals surface area (Å²) >= 11 is 0. The van der Waals surface area contributed by atoms with Gasteiger partial charge in [-0.1, -0.05) is 27.7 Å². The monoisotopic (exact) mass is 319 g/mol. The molecule has 0 saturated heterocycles. The molecule has 2 nitrogen and oxygen atoms in total. The fraction of sp³-hybridized carbons (Fsp3) is 0.500. The highest BCUT2D eigenvalue weighted by atomic mass is 28.4. The molecule has 0 bridgehead atoms. The summed E-state index contributed by atoms with van der Waals surface area (Å²) in [6.07, 6.45) is 3.51. The highest BCUT2D eigenvalue weighted by Crippen LogP contribution is 2.37. The van der Waals surface area contributed by atoms with Crippen LogP contribution in [0.2, 0.25) is 18.1 Å². The van der Waals surface area contributed by atoms with E-state index < -0.39 is 8.32 Å². The number of aromatic nitrogens is 1. The molecule has 0 amide bonds. The summed E-state index contributed by atoms with van der Waals surface area (Å²) < 4.78 is 20.2. The number of fused-ring (bicyclic) bond motifs is 1. The predicted octanol–water partition coefficient (Wildman–Crippen LogP) is 5.50. The van der Waals surface area contributed by atoms with Gasteiger partial charge in [-0.25, -0.2) is 4.39 Å². The van der Waals surface area contributed by atoms with Gasteiger partial charge in [0, 0.05) is 30.3 Å². The Hall–Kier alpha value is -1.26. The van der Waals surface area contributed by atoms with Crippen molar-refractivity contribution in [3.63, 3.8) is 0 Å². The number of benzene rings is 1. The zero-order chi connectivity index (χ0) is 16.5. The van der Waals surface area contributed by atoms with E-state index in [0.717, 1.165) is 16.3 Å². The van der Waals surface area contributed by atoms with Gasteiger partial charge in [-0.3, -0.25) is 4.98 Å². The summed E-state index contributed by atoms with van der Waals surface area (Å²) in [6.45, 7) is 13.9. The summed E-state index contributed by atoms with van der Waals surface area (Å²) in [5, 5.41) is 2.08. The van der Waals surface area contributed by atoms with E-state index in [1.807, 2.05) is 12.3 Å². The smallest absolute Gasteiger partial charge is 0.192 e. The maximum Gasteiger partial charge on any atom is 0.192 e. The van der Waals surface area contributed by atoms with E-state index in [2.05, 4.69) is 45.8 Å². The summed E-state index contributed by atoms with van der Waals surface area (Å²) in [6, 6.07) is 5.02. The first kappa shape index (κ1) is 17.1. The molecule has 1 aromatic heterocycles. The molecular formula is C18H26FNOSi. The average Bonchev–Trinajstić information content (AvgIpc) is 2.42. The predicted molar refractivity (Wildman–Crippen MR) is 93.3 cm³/mol. The molecule has 0 aliphatic carbocycles. The van der Waals surface area contributed by atoms with Crippen molar-refractivity contribution in [2.75, 3.05) is 6.61 Å². The number of halogens is 1. The minimum absolute atomic E-state index is 0.136. The van der Waals surface area contributed by atoms with Crippen LogP contribution in [-0.4, -0.2) is 19.9 Å². The Labute approximate surface area is 133 Å². The van der Waals surface area contributed by atoms with E-state index in [4.69, 9.17) is 4.43 Å². The first-order valence-electron chi connectivity index (χ1n) is 7.79.